The Hall–Kier alpha value is -3.51. The van der Waals surface area contributed by atoms with Gasteiger partial charge < -0.3 is 4.74 Å². The number of aromatic nitrogens is 1. The highest BCUT2D eigenvalue weighted by atomic mass is 32.1. The first-order chi connectivity index (χ1) is 14.2. The summed E-state index contributed by atoms with van der Waals surface area (Å²) >= 11 is 1.56. The summed E-state index contributed by atoms with van der Waals surface area (Å²) in [6, 6.07) is 22.8. The molecular formula is C23H17FN2O2S. The number of nitrogens with zero attached hydrogens (tertiary/aromatic N) is 1. The Bertz CT molecular complexity index is 1090. The SMILES string of the molecule is O=C(Nc1ccc(Cc2nc(-c3ccc(F)cc3)cs2)cc1)Oc1ccccc1. The number of anilines is 1. The van der Waals surface area contributed by atoms with E-state index in [0.717, 1.165) is 21.8 Å². The summed E-state index contributed by atoms with van der Waals surface area (Å²) in [4.78, 5) is 16.6. The molecule has 0 aliphatic rings. The number of halogens is 1. The Kier molecular flexibility index (Phi) is 5.63. The lowest BCUT2D eigenvalue weighted by Gasteiger charge is -2.07. The summed E-state index contributed by atoms with van der Waals surface area (Å²) in [5.74, 6) is 0.230. The van der Waals surface area contributed by atoms with Crippen LogP contribution in [0.3, 0.4) is 0 Å². The fraction of sp³-hybridized carbons (Fsp3) is 0.0435. The molecule has 4 nitrogen and oxygen atoms in total. The number of hydrogen-bond acceptors (Lipinski definition) is 4. The van der Waals surface area contributed by atoms with Crippen LogP contribution in [-0.4, -0.2) is 11.1 Å². The average Bonchev–Trinajstić information content (AvgIpc) is 3.19. The van der Waals surface area contributed by atoms with E-state index < -0.39 is 6.09 Å². The molecule has 29 heavy (non-hydrogen) atoms. The molecule has 0 saturated heterocycles. The van der Waals surface area contributed by atoms with Gasteiger partial charge in [0, 0.05) is 23.1 Å². The van der Waals surface area contributed by atoms with Crippen molar-refractivity contribution in [1.82, 2.24) is 4.98 Å². The monoisotopic (exact) mass is 404 g/mol. The number of carbonyl (C=O) groups is 1. The van der Waals surface area contributed by atoms with Crippen LogP contribution in [0.5, 0.6) is 5.75 Å². The molecule has 0 aliphatic heterocycles. The number of benzene rings is 3. The van der Waals surface area contributed by atoms with Gasteiger partial charge in [0.05, 0.1) is 10.7 Å². The second-order valence-electron chi connectivity index (χ2n) is 6.33. The molecule has 3 aromatic carbocycles. The molecule has 4 rings (SSSR count). The summed E-state index contributed by atoms with van der Waals surface area (Å²) in [6.45, 7) is 0. The normalized spacial score (nSPS) is 10.5. The van der Waals surface area contributed by atoms with Crippen molar-refractivity contribution in [2.45, 2.75) is 6.42 Å². The van der Waals surface area contributed by atoms with Gasteiger partial charge >= 0.3 is 6.09 Å². The Morgan fingerprint density at radius 2 is 1.69 bits per heavy atom. The van der Waals surface area contributed by atoms with Crippen molar-refractivity contribution in [3.05, 3.63) is 101 Å². The molecule has 0 atom stereocenters. The van der Waals surface area contributed by atoms with Crippen LogP contribution >= 0.6 is 11.3 Å². The lowest BCUT2D eigenvalue weighted by atomic mass is 10.1. The standard InChI is InChI=1S/C23H17FN2O2S/c24-18-10-8-17(9-11-18)21-15-29-22(26-21)14-16-6-12-19(13-7-16)25-23(27)28-20-4-2-1-3-5-20/h1-13,15H,14H2,(H,25,27). The number of nitrogens with one attached hydrogen (secondary N) is 1. The van der Waals surface area contributed by atoms with Crippen LogP contribution in [0.1, 0.15) is 10.6 Å². The molecule has 0 fully saturated rings. The van der Waals surface area contributed by atoms with Crippen molar-refractivity contribution < 1.29 is 13.9 Å². The minimum absolute atomic E-state index is 0.259. The Morgan fingerprint density at radius 3 is 2.41 bits per heavy atom. The maximum absolute atomic E-state index is 13.1. The van der Waals surface area contributed by atoms with Gasteiger partial charge in [0.2, 0.25) is 0 Å². The number of para-hydroxylation sites is 1. The van der Waals surface area contributed by atoms with Gasteiger partial charge in [-0.1, -0.05) is 30.3 Å². The zero-order valence-electron chi connectivity index (χ0n) is 15.3. The average molecular weight is 404 g/mol. The summed E-state index contributed by atoms with van der Waals surface area (Å²) in [7, 11) is 0. The minimum atomic E-state index is -0.534. The number of carbonyl (C=O) groups excluding carboxylic acids is 1. The van der Waals surface area contributed by atoms with E-state index in [0.29, 0.717) is 17.9 Å². The molecule has 0 aliphatic carbocycles. The lowest BCUT2D eigenvalue weighted by molar-refractivity contribution is 0.215. The van der Waals surface area contributed by atoms with Gasteiger partial charge in [-0.05, 0) is 54.1 Å². The molecule has 1 aromatic heterocycles. The maximum atomic E-state index is 13.1. The first-order valence-electron chi connectivity index (χ1n) is 8.99. The number of rotatable bonds is 5. The van der Waals surface area contributed by atoms with Crippen LogP contribution in [0.25, 0.3) is 11.3 Å². The number of ether oxygens (including phenoxy) is 1. The molecule has 1 amide bonds. The fourth-order valence-electron chi connectivity index (χ4n) is 2.76. The van der Waals surface area contributed by atoms with E-state index in [4.69, 9.17) is 4.74 Å². The molecule has 0 saturated carbocycles. The third kappa shape index (κ3) is 5.06. The summed E-state index contributed by atoms with van der Waals surface area (Å²) < 4.78 is 18.3. The Morgan fingerprint density at radius 1 is 0.966 bits per heavy atom. The zero-order valence-corrected chi connectivity index (χ0v) is 16.2. The molecule has 0 bridgehead atoms. The molecular weight excluding hydrogens is 387 g/mol. The van der Waals surface area contributed by atoms with Crippen molar-refractivity contribution in [3.63, 3.8) is 0 Å². The van der Waals surface area contributed by atoms with Crippen LogP contribution in [0, 0.1) is 5.82 Å². The fourth-order valence-corrected chi connectivity index (χ4v) is 3.60. The third-order valence-electron chi connectivity index (χ3n) is 4.20. The van der Waals surface area contributed by atoms with Gasteiger partial charge in [0.15, 0.2) is 0 Å². The highest BCUT2D eigenvalue weighted by Gasteiger charge is 2.08. The van der Waals surface area contributed by atoms with Crippen LogP contribution in [0.15, 0.2) is 84.2 Å². The van der Waals surface area contributed by atoms with Gasteiger partial charge in [-0.15, -0.1) is 11.3 Å². The lowest BCUT2D eigenvalue weighted by Crippen LogP contribution is -2.16. The molecule has 0 radical (unpaired) electrons. The van der Waals surface area contributed by atoms with E-state index in [9.17, 15) is 9.18 Å². The van der Waals surface area contributed by atoms with Crippen molar-refractivity contribution in [1.29, 1.82) is 0 Å². The predicted octanol–water partition coefficient (Wildman–Crippen LogP) is 6.15. The van der Waals surface area contributed by atoms with Gasteiger partial charge in [0.25, 0.3) is 0 Å². The first kappa shape index (κ1) is 18.8. The van der Waals surface area contributed by atoms with E-state index in [1.54, 1.807) is 47.7 Å². The molecule has 0 unspecified atom stereocenters. The van der Waals surface area contributed by atoms with Gasteiger partial charge in [-0.25, -0.2) is 14.2 Å². The predicted molar refractivity (Wildman–Crippen MR) is 113 cm³/mol. The topological polar surface area (TPSA) is 51.2 Å². The second-order valence-corrected chi connectivity index (χ2v) is 7.28. The van der Waals surface area contributed by atoms with Crippen LogP contribution in [0.2, 0.25) is 0 Å². The van der Waals surface area contributed by atoms with E-state index in [2.05, 4.69) is 10.3 Å². The summed E-state index contributed by atoms with van der Waals surface area (Å²) in [6.07, 6.45) is 0.147. The Labute approximate surface area is 171 Å². The van der Waals surface area contributed by atoms with Gasteiger partial charge in [-0.3, -0.25) is 5.32 Å². The molecule has 1 N–H and O–H groups in total. The van der Waals surface area contributed by atoms with E-state index in [-0.39, 0.29) is 5.82 Å². The third-order valence-corrected chi connectivity index (χ3v) is 5.05. The summed E-state index contributed by atoms with van der Waals surface area (Å²) in [5.41, 5.74) is 3.46. The van der Waals surface area contributed by atoms with E-state index >= 15 is 0 Å². The van der Waals surface area contributed by atoms with Crippen molar-refractivity contribution in [2.75, 3.05) is 5.32 Å². The first-order valence-corrected chi connectivity index (χ1v) is 9.87. The highest BCUT2D eigenvalue weighted by Crippen LogP contribution is 2.24. The smallest absolute Gasteiger partial charge is 0.410 e. The van der Waals surface area contributed by atoms with Gasteiger partial charge in [0.1, 0.15) is 11.6 Å². The largest absolute Gasteiger partial charge is 0.417 e. The minimum Gasteiger partial charge on any atom is -0.410 e. The molecule has 1 heterocycles. The van der Waals surface area contributed by atoms with E-state index in [1.807, 2.05) is 35.7 Å². The molecule has 0 spiro atoms. The maximum Gasteiger partial charge on any atom is 0.417 e. The van der Waals surface area contributed by atoms with Crippen molar-refractivity contribution >= 4 is 23.1 Å². The van der Waals surface area contributed by atoms with Gasteiger partial charge in [-0.2, -0.15) is 0 Å². The zero-order chi connectivity index (χ0) is 20.1. The van der Waals surface area contributed by atoms with Crippen LogP contribution < -0.4 is 10.1 Å². The van der Waals surface area contributed by atoms with Crippen LogP contribution in [0.4, 0.5) is 14.9 Å². The van der Waals surface area contributed by atoms with Crippen molar-refractivity contribution in [3.8, 4) is 17.0 Å². The van der Waals surface area contributed by atoms with Crippen LogP contribution in [-0.2, 0) is 6.42 Å². The quantitative estimate of drug-likeness (QED) is 0.434. The Balaban J connectivity index is 1.36. The molecule has 4 aromatic rings. The summed E-state index contributed by atoms with van der Waals surface area (Å²) in [5, 5.41) is 5.64. The number of thiazole rings is 1. The van der Waals surface area contributed by atoms with E-state index in [1.165, 1.54) is 12.1 Å². The highest BCUT2D eigenvalue weighted by molar-refractivity contribution is 7.10. The van der Waals surface area contributed by atoms with Crippen molar-refractivity contribution in [2.24, 2.45) is 0 Å². The molecule has 144 valence electrons. The number of hydrogen-bond donors (Lipinski definition) is 1. The number of amides is 1. The second kappa shape index (κ2) is 8.67. The molecule has 6 heteroatoms.